The molecule has 0 fully saturated rings. The third-order valence-corrected chi connectivity index (χ3v) is 1.55. The Morgan fingerprint density at radius 3 is 3.14 bits per heavy atom. The number of nitrogens with one attached hydrogen (secondary N) is 1. The molecule has 72 valence electrons. The average Bonchev–Trinajstić information content (AvgIpc) is 2.49. The monoisotopic (exact) mass is 195 g/mol. The molecule has 14 heavy (non-hydrogen) atoms. The average molecular weight is 195 g/mol. The summed E-state index contributed by atoms with van der Waals surface area (Å²) < 4.78 is 0.952. The molecule has 0 atom stereocenters. The number of hydrogen-bond acceptors (Lipinski definition) is 6. The number of fused-ring (bicyclic) bond motifs is 1. The summed E-state index contributed by atoms with van der Waals surface area (Å²) in [4.78, 5) is 35.5. The normalized spacial score (nSPS) is 10.3. The number of nitrogens with zero attached hydrogens (tertiary/aromatic N) is 3. The van der Waals surface area contributed by atoms with Crippen molar-refractivity contribution in [2.45, 2.75) is 0 Å². The molecule has 0 aliphatic rings. The summed E-state index contributed by atoms with van der Waals surface area (Å²) in [5.41, 5.74) is 4.96. The molecule has 0 aromatic carbocycles. The van der Waals surface area contributed by atoms with Crippen LogP contribution in [0.25, 0.3) is 11.2 Å². The summed E-state index contributed by atoms with van der Waals surface area (Å²) in [5, 5.41) is 0. The number of anilines is 1. The smallest absolute Gasteiger partial charge is 0.321 e. The third kappa shape index (κ3) is 1.09. The largest absolute Gasteiger partial charge is 0.369 e. The predicted molar refractivity (Wildman–Crippen MR) is 45.2 cm³/mol. The molecule has 0 aliphatic carbocycles. The van der Waals surface area contributed by atoms with Crippen molar-refractivity contribution in [3.8, 4) is 0 Å². The number of aromatic nitrogens is 4. The highest BCUT2D eigenvalue weighted by atomic mass is 16.7. The maximum atomic E-state index is 11.2. The van der Waals surface area contributed by atoms with E-state index in [-0.39, 0.29) is 23.6 Å². The van der Waals surface area contributed by atoms with Crippen LogP contribution in [0.5, 0.6) is 0 Å². The minimum absolute atomic E-state index is 0.0565. The molecule has 2 aromatic rings. The number of rotatable bonds is 2. The van der Waals surface area contributed by atoms with Crippen molar-refractivity contribution in [1.82, 2.24) is 19.7 Å². The van der Waals surface area contributed by atoms with Gasteiger partial charge in [-0.2, -0.15) is 4.98 Å². The lowest BCUT2D eigenvalue weighted by molar-refractivity contribution is -0.128. The molecular weight excluding hydrogens is 190 g/mol. The van der Waals surface area contributed by atoms with Gasteiger partial charge in [0.2, 0.25) is 11.6 Å². The predicted octanol–water partition coefficient (Wildman–Crippen LogP) is -1.71. The quantitative estimate of drug-likeness (QED) is 0.551. The first-order valence-corrected chi connectivity index (χ1v) is 3.56. The molecule has 0 radical (unpaired) electrons. The van der Waals surface area contributed by atoms with E-state index in [1.165, 1.54) is 0 Å². The van der Waals surface area contributed by atoms with Gasteiger partial charge in [0.25, 0.3) is 5.56 Å². The second-order valence-electron chi connectivity index (χ2n) is 2.40. The van der Waals surface area contributed by atoms with Gasteiger partial charge in [-0.05, 0) is 0 Å². The van der Waals surface area contributed by atoms with Gasteiger partial charge in [0.15, 0.2) is 5.52 Å². The maximum absolute atomic E-state index is 11.2. The van der Waals surface area contributed by atoms with Crippen molar-refractivity contribution >= 4 is 23.6 Å². The molecule has 0 saturated carbocycles. The highest BCUT2D eigenvalue weighted by molar-refractivity contribution is 5.70. The van der Waals surface area contributed by atoms with Gasteiger partial charge in [0.05, 0.1) is 0 Å². The van der Waals surface area contributed by atoms with Crippen molar-refractivity contribution in [3.63, 3.8) is 0 Å². The lowest BCUT2D eigenvalue weighted by atomic mass is 10.5. The van der Waals surface area contributed by atoms with E-state index >= 15 is 0 Å². The first-order valence-electron chi connectivity index (χ1n) is 3.56. The van der Waals surface area contributed by atoms with Crippen LogP contribution in [-0.2, 0) is 4.79 Å². The van der Waals surface area contributed by atoms with Crippen LogP contribution in [0, 0.1) is 0 Å². The summed E-state index contributed by atoms with van der Waals surface area (Å²) in [6.07, 6.45) is 1.15. The Balaban J connectivity index is 2.78. The number of carbonyl (C=O) groups is 1. The molecule has 0 unspecified atom stereocenters. The third-order valence-electron chi connectivity index (χ3n) is 1.55. The minimum Gasteiger partial charge on any atom is -0.369 e. The number of hydrogen-bond donors (Lipinski definition) is 2. The second-order valence-corrected chi connectivity index (χ2v) is 2.40. The Kier molecular flexibility index (Phi) is 1.67. The van der Waals surface area contributed by atoms with Crippen LogP contribution in [0.15, 0.2) is 11.1 Å². The lowest BCUT2D eigenvalue weighted by Gasteiger charge is -1.97. The number of nitrogens with two attached hydrogens (primary N) is 1. The highest BCUT2D eigenvalue weighted by Crippen LogP contribution is 2.03. The number of nitrogen functional groups attached to an aromatic ring is 1. The fraction of sp³-hybridized carbons (Fsp3) is 0. The van der Waals surface area contributed by atoms with Crippen LogP contribution < -0.4 is 16.1 Å². The Labute approximate surface area is 76.3 Å². The van der Waals surface area contributed by atoms with E-state index in [2.05, 4.69) is 19.8 Å². The van der Waals surface area contributed by atoms with Crippen molar-refractivity contribution < 1.29 is 9.63 Å². The van der Waals surface area contributed by atoms with E-state index in [0.717, 1.165) is 11.1 Å². The molecule has 2 heterocycles. The molecule has 0 spiro atoms. The summed E-state index contributed by atoms with van der Waals surface area (Å²) in [6, 6.07) is 0. The number of imidazole rings is 1. The molecule has 2 rings (SSSR count). The standard InChI is InChI=1S/C6H5N5O3/c7-6-9-4-3(5(13)10-6)8-1-11(4)14-2-12/h1-2H,(H3,7,9,10,13). The summed E-state index contributed by atoms with van der Waals surface area (Å²) in [6.45, 7) is 0.195. The van der Waals surface area contributed by atoms with Crippen LogP contribution in [0.2, 0.25) is 0 Å². The number of aromatic amines is 1. The molecule has 2 aromatic heterocycles. The first kappa shape index (κ1) is 8.23. The lowest BCUT2D eigenvalue weighted by Crippen LogP contribution is -2.14. The topological polar surface area (TPSA) is 116 Å². The van der Waals surface area contributed by atoms with E-state index in [1.54, 1.807) is 0 Å². The molecule has 8 heteroatoms. The Morgan fingerprint density at radius 1 is 1.64 bits per heavy atom. The summed E-state index contributed by atoms with van der Waals surface area (Å²) in [7, 11) is 0. The second kappa shape index (κ2) is 2.83. The van der Waals surface area contributed by atoms with Crippen LogP contribution in [0.4, 0.5) is 5.95 Å². The molecule has 0 saturated heterocycles. The minimum atomic E-state index is -0.485. The molecular formula is C6H5N5O3. The van der Waals surface area contributed by atoms with Gasteiger partial charge in [0, 0.05) is 0 Å². The molecule has 3 N–H and O–H groups in total. The molecule has 0 aliphatic heterocycles. The van der Waals surface area contributed by atoms with Gasteiger partial charge in [-0.15, -0.1) is 4.73 Å². The van der Waals surface area contributed by atoms with E-state index in [4.69, 9.17) is 5.73 Å². The molecule has 8 nitrogen and oxygen atoms in total. The highest BCUT2D eigenvalue weighted by Gasteiger charge is 2.09. The van der Waals surface area contributed by atoms with Gasteiger partial charge in [-0.25, -0.2) is 4.98 Å². The number of carbonyl (C=O) groups excluding carboxylic acids is 1. The fourth-order valence-corrected chi connectivity index (χ4v) is 1.03. The molecule has 0 bridgehead atoms. The van der Waals surface area contributed by atoms with Crippen molar-refractivity contribution in [2.24, 2.45) is 0 Å². The van der Waals surface area contributed by atoms with E-state index in [9.17, 15) is 9.59 Å². The maximum Gasteiger partial charge on any atom is 0.321 e. The zero-order valence-corrected chi connectivity index (χ0v) is 6.80. The van der Waals surface area contributed by atoms with Crippen LogP contribution in [-0.4, -0.2) is 26.2 Å². The van der Waals surface area contributed by atoms with Crippen LogP contribution >= 0.6 is 0 Å². The van der Waals surface area contributed by atoms with E-state index in [0.29, 0.717) is 0 Å². The Bertz CT molecular complexity index is 542. The van der Waals surface area contributed by atoms with E-state index < -0.39 is 5.56 Å². The van der Waals surface area contributed by atoms with Crippen molar-refractivity contribution in [3.05, 3.63) is 16.7 Å². The molecule has 0 amide bonds. The zero-order chi connectivity index (χ0) is 10.1. The van der Waals surface area contributed by atoms with Gasteiger partial charge >= 0.3 is 6.47 Å². The Morgan fingerprint density at radius 2 is 2.43 bits per heavy atom. The fourth-order valence-electron chi connectivity index (χ4n) is 1.03. The Hall–Kier alpha value is -2.38. The first-order chi connectivity index (χ1) is 6.72. The van der Waals surface area contributed by atoms with Gasteiger partial charge in [-0.3, -0.25) is 14.6 Å². The summed E-state index contributed by atoms with van der Waals surface area (Å²) >= 11 is 0. The SMILES string of the molecule is Nc1nc2c(ncn2OC=O)c(=O)[nH]1. The van der Waals surface area contributed by atoms with Gasteiger partial charge < -0.3 is 10.6 Å². The van der Waals surface area contributed by atoms with Crippen molar-refractivity contribution in [1.29, 1.82) is 0 Å². The summed E-state index contributed by atoms with van der Waals surface area (Å²) in [5.74, 6) is -0.0706. The zero-order valence-electron chi connectivity index (χ0n) is 6.80. The van der Waals surface area contributed by atoms with Gasteiger partial charge in [-0.1, -0.05) is 0 Å². The van der Waals surface area contributed by atoms with Gasteiger partial charge in [0.1, 0.15) is 6.33 Å². The van der Waals surface area contributed by atoms with Crippen LogP contribution in [0.1, 0.15) is 0 Å². The van der Waals surface area contributed by atoms with Crippen LogP contribution in [0.3, 0.4) is 0 Å². The number of H-pyrrole nitrogens is 1. The van der Waals surface area contributed by atoms with E-state index in [1.807, 2.05) is 0 Å². The van der Waals surface area contributed by atoms with Crippen molar-refractivity contribution in [2.75, 3.05) is 5.73 Å².